The average Bonchev–Trinajstić information content (AvgIpc) is 2.82. The number of ketones is 1. The molecule has 3 rings (SSSR count). The number of rotatable bonds is 1. The molecule has 1 aliphatic carbocycles. The van der Waals surface area contributed by atoms with Crippen LogP contribution in [0.25, 0.3) is 16.7 Å². The molecule has 0 bridgehead atoms. The number of Topliss-reactive ketones (excluding diaryl/α,β-unsaturated/α-hetero) is 1. The molecule has 0 spiro atoms. The third-order valence-corrected chi connectivity index (χ3v) is 4.05. The molecule has 114 valence electrons. The number of hydrogen-bond acceptors (Lipinski definition) is 3. The zero-order valence-corrected chi connectivity index (χ0v) is 13.8. The fraction of sp³-hybridized carbons (Fsp3) is 0.353. The molecule has 1 aromatic carbocycles. The van der Waals surface area contributed by atoms with Gasteiger partial charge < -0.3 is 0 Å². The van der Waals surface area contributed by atoms with Gasteiger partial charge in [0, 0.05) is 10.9 Å². The van der Waals surface area contributed by atoms with E-state index >= 15 is 0 Å². The monoisotopic (exact) mass is 315 g/mol. The molecule has 0 amide bonds. The normalized spacial score (nSPS) is 19.3. The Kier molecular flexibility index (Phi) is 3.44. The van der Waals surface area contributed by atoms with Crippen molar-refractivity contribution in [3.63, 3.8) is 0 Å². The van der Waals surface area contributed by atoms with Gasteiger partial charge >= 0.3 is 0 Å². The summed E-state index contributed by atoms with van der Waals surface area (Å²) < 4.78 is 0. The molecule has 1 aliphatic rings. The molecule has 0 fully saturated rings. The van der Waals surface area contributed by atoms with Crippen molar-refractivity contribution >= 4 is 34.1 Å². The largest absolute Gasteiger partial charge is 0.292 e. The molecule has 1 aromatic heterocycles. The van der Waals surface area contributed by atoms with Gasteiger partial charge in [0.05, 0.1) is 0 Å². The number of halogens is 1. The highest BCUT2D eigenvalue weighted by atomic mass is 35.5. The summed E-state index contributed by atoms with van der Waals surface area (Å²) in [7, 11) is 0. The second-order valence-corrected chi connectivity index (χ2v) is 7.21. The van der Waals surface area contributed by atoms with E-state index in [4.69, 9.17) is 11.6 Å². The van der Waals surface area contributed by atoms with Crippen molar-refractivity contribution in [3.05, 3.63) is 40.9 Å². The summed E-state index contributed by atoms with van der Waals surface area (Å²) in [4.78, 5) is 14.3. The molecule has 4 nitrogen and oxygen atoms in total. The van der Waals surface area contributed by atoms with Crippen LogP contribution in [0.4, 0.5) is 0 Å². The van der Waals surface area contributed by atoms with E-state index in [1.165, 1.54) is 4.80 Å². The number of carbonyl (C=O) groups excluding carboxylic acids is 1. The summed E-state index contributed by atoms with van der Waals surface area (Å²) >= 11 is 5.98. The Hall–Kier alpha value is -1.94. The summed E-state index contributed by atoms with van der Waals surface area (Å²) in [5, 5.41) is 9.42. The molecule has 0 saturated carbocycles. The lowest BCUT2D eigenvalue weighted by molar-refractivity contribution is -0.119. The van der Waals surface area contributed by atoms with E-state index in [0.29, 0.717) is 16.2 Å². The fourth-order valence-electron chi connectivity index (χ4n) is 2.63. The van der Waals surface area contributed by atoms with Crippen LogP contribution in [-0.2, 0) is 4.79 Å². The molecular weight excluding hydrogens is 298 g/mol. The van der Waals surface area contributed by atoms with Crippen LogP contribution in [0.1, 0.15) is 27.7 Å². The van der Waals surface area contributed by atoms with Gasteiger partial charge in [-0.25, -0.2) is 0 Å². The zero-order chi connectivity index (χ0) is 16.1. The number of aromatic nitrogens is 3. The van der Waals surface area contributed by atoms with Gasteiger partial charge in [-0.1, -0.05) is 44.0 Å². The summed E-state index contributed by atoms with van der Waals surface area (Å²) in [6.07, 6.45) is 3.86. The highest BCUT2D eigenvalue weighted by Gasteiger charge is 2.35. The Morgan fingerprint density at radius 1 is 1.18 bits per heavy atom. The summed E-state index contributed by atoms with van der Waals surface area (Å²) in [5.74, 6) is -0.130. The van der Waals surface area contributed by atoms with E-state index < -0.39 is 0 Å². The molecular formula is C17H18ClN3O. The number of fused-ring (bicyclic) bond motifs is 1. The number of hydrogen-bond donors (Lipinski definition) is 0. The third-order valence-electron chi connectivity index (χ3n) is 3.82. The summed E-state index contributed by atoms with van der Waals surface area (Å²) in [5.41, 5.74) is 2.81. The maximum atomic E-state index is 12.8. The predicted molar refractivity (Wildman–Crippen MR) is 88.5 cm³/mol. The molecule has 1 heterocycles. The molecule has 1 atom stereocenters. The minimum Gasteiger partial charge on any atom is -0.292 e. The van der Waals surface area contributed by atoms with Crippen LogP contribution in [0, 0.1) is 11.3 Å². The van der Waals surface area contributed by atoms with Crippen molar-refractivity contribution in [3.8, 4) is 0 Å². The standard InChI is InChI=1S/C17H18ClN3O/c1-10-7-12(17(2,3)4)16(22)15(8-10)21-19-13-6-5-11(18)9-14(13)20-21/h5-9,12H,1-4H3. The number of nitrogens with zero attached hydrogens (tertiary/aromatic N) is 3. The molecule has 0 radical (unpaired) electrons. The molecule has 0 saturated heterocycles. The Balaban J connectivity index is 2.09. The van der Waals surface area contributed by atoms with Gasteiger partial charge in [0.1, 0.15) is 16.7 Å². The topological polar surface area (TPSA) is 47.8 Å². The second kappa shape index (κ2) is 5.06. The quantitative estimate of drug-likeness (QED) is 0.795. The minimum atomic E-state index is -0.176. The summed E-state index contributed by atoms with van der Waals surface area (Å²) in [6.45, 7) is 8.19. The third kappa shape index (κ3) is 2.59. The lowest BCUT2D eigenvalue weighted by Crippen LogP contribution is -2.31. The van der Waals surface area contributed by atoms with Crippen LogP contribution in [-0.4, -0.2) is 20.8 Å². The number of benzene rings is 1. The van der Waals surface area contributed by atoms with Gasteiger partial charge in [0.15, 0.2) is 5.78 Å². The molecule has 2 aromatic rings. The first-order valence-electron chi connectivity index (χ1n) is 7.23. The van der Waals surface area contributed by atoms with Gasteiger partial charge in [-0.2, -0.15) is 0 Å². The van der Waals surface area contributed by atoms with Crippen LogP contribution >= 0.6 is 11.6 Å². The van der Waals surface area contributed by atoms with E-state index in [9.17, 15) is 4.79 Å². The van der Waals surface area contributed by atoms with Crippen molar-refractivity contribution in [2.24, 2.45) is 11.3 Å². The smallest absolute Gasteiger partial charge is 0.190 e. The fourth-order valence-corrected chi connectivity index (χ4v) is 2.79. The Morgan fingerprint density at radius 2 is 1.86 bits per heavy atom. The molecule has 0 N–H and O–H groups in total. The van der Waals surface area contributed by atoms with Crippen molar-refractivity contribution in [1.82, 2.24) is 15.0 Å². The van der Waals surface area contributed by atoms with E-state index in [0.717, 1.165) is 11.1 Å². The lowest BCUT2D eigenvalue weighted by Gasteiger charge is -2.30. The van der Waals surface area contributed by atoms with Crippen LogP contribution in [0.3, 0.4) is 0 Å². The first-order chi connectivity index (χ1) is 10.3. The first kappa shape index (κ1) is 15.0. The second-order valence-electron chi connectivity index (χ2n) is 6.77. The maximum Gasteiger partial charge on any atom is 0.190 e. The van der Waals surface area contributed by atoms with E-state index in [1.54, 1.807) is 18.2 Å². The molecule has 0 aliphatic heterocycles. The van der Waals surface area contributed by atoms with Gasteiger partial charge in [0.2, 0.25) is 0 Å². The molecule has 5 heteroatoms. The van der Waals surface area contributed by atoms with Crippen LogP contribution in [0.5, 0.6) is 0 Å². The SMILES string of the molecule is CC1=CC(C(C)(C)C)C(=O)C(n2nc3ccc(Cl)cc3n2)=C1. The first-order valence-corrected chi connectivity index (χ1v) is 7.61. The average molecular weight is 316 g/mol. The highest BCUT2D eigenvalue weighted by Crippen LogP contribution is 2.35. The van der Waals surface area contributed by atoms with Crippen molar-refractivity contribution in [2.45, 2.75) is 27.7 Å². The Labute approximate surface area is 134 Å². The van der Waals surface area contributed by atoms with Gasteiger partial charge in [-0.3, -0.25) is 4.79 Å². The lowest BCUT2D eigenvalue weighted by atomic mass is 9.74. The molecule has 1 unspecified atom stereocenters. The Morgan fingerprint density at radius 3 is 2.55 bits per heavy atom. The molecule has 22 heavy (non-hydrogen) atoms. The predicted octanol–water partition coefficient (Wildman–Crippen LogP) is 4.12. The maximum absolute atomic E-state index is 12.8. The van der Waals surface area contributed by atoms with Crippen LogP contribution in [0.15, 0.2) is 35.9 Å². The highest BCUT2D eigenvalue weighted by molar-refractivity contribution is 6.31. The van der Waals surface area contributed by atoms with E-state index in [1.807, 2.05) is 19.1 Å². The van der Waals surface area contributed by atoms with E-state index in [2.05, 4.69) is 31.0 Å². The van der Waals surface area contributed by atoms with Crippen molar-refractivity contribution in [2.75, 3.05) is 0 Å². The Bertz CT molecular complexity index is 824. The van der Waals surface area contributed by atoms with Crippen molar-refractivity contribution < 1.29 is 4.79 Å². The van der Waals surface area contributed by atoms with Crippen LogP contribution in [0.2, 0.25) is 5.02 Å². The number of carbonyl (C=O) groups is 1. The van der Waals surface area contributed by atoms with Gasteiger partial charge in [0.25, 0.3) is 0 Å². The summed E-state index contributed by atoms with van der Waals surface area (Å²) in [6, 6.07) is 5.32. The van der Waals surface area contributed by atoms with Gasteiger partial charge in [-0.05, 0) is 36.6 Å². The van der Waals surface area contributed by atoms with Gasteiger partial charge in [-0.15, -0.1) is 15.0 Å². The van der Waals surface area contributed by atoms with E-state index in [-0.39, 0.29) is 17.1 Å². The number of allylic oxidation sites excluding steroid dienone is 4. The zero-order valence-electron chi connectivity index (χ0n) is 13.1. The van der Waals surface area contributed by atoms with Crippen LogP contribution < -0.4 is 0 Å². The minimum absolute atomic E-state index is 0.0458. The van der Waals surface area contributed by atoms with Crippen molar-refractivity contribution in [1.29, 1.82) is 0 Å².